The molecule has 0 saturated carbocycles. The zero-order valence-electron chi connectivity index (χ0n) is 13.7. The summed E-state index contributed by atoms with van der Waals surface area (Å²) in [6, 6.07) is 6.86. The topological polar surface area (TPSA) is 91.4 Å². The van der Waals surface area contributed by atoms with Crippen molar-refractivity contribution in [1.29, 1.82) is 0 Å². The minimum absolute atomic E-state index is 0.155. The van der Waals surface area contributed by atoms with Gasteiger partial charge in [0.1, 0.15) is 0 Å². The molecule has 0 radical (unpaired) electrons. The lowest BCUT2D eigenvalue weighted by Crippen LogP contribution is -2.29. The first-order chi connectivity index (χ1) is 11.8. The zero-order valence-corrected chi connectivity index (χ0v) is 15.2. The molecule has 9 heteroatoms. The number of pyridine rings is 1. The lowest BCUT2D eigenvalue weighted by atomic mass is 9.85. The van der Waals surface area contributed by atoms with Crippen molar-refractivity contribution >= 4 is 39.1 Å². The normalized spacial score (nSPS) is 17.1. The maximum Gasteiger partial charge on any atom is 0.301 e. The van der Waals surface area contributed by atoms with Gasteiger partial charge >= 0.3 is 10.2 Å². The molecule has 1 atom stereocenters. The Morgan fingerprint density at radius 2 is 2.04 bits per heavy atom. The molecule has 25 heavy (non-hydrogen) atoms. The van der Waals surface area contributed by atoms with Crippen molar-refractivity contribution in [1.82, 2.24) is 9.29 Å². The van der Waals surface area contributed by atoms with Crippen LogP contribution in [-0.4, -0.2) is 37.7 Å². The minimum Gasteiger partial charge on any atom is -0.326 e. The van der Waals surface area contributed by atoms with Gasteiger partial charge < -0.3 is 5.32 Å². The maximum atomic E-state index is 12.1. The third kappa shape index (κ3) is 3.60. The summed E-state index contributed by atoms with van der Waals surface area (Å²) in [7, 11) is -0.753. The number of fused-ring (bicyclic) bond motifs is 1. The van der Waals surface area contributed by atoms with Gasteiger partial charge in [-0.05, 0) is 29.3 Å². The van der Waals surface area contributed by atoms with E-state index in [1.54, 1.807) is 36.7 Å². The average molecular weight is 381 g/mol. The second kappa shape index (κ2) is 6.62. The Hall–Kier alpha value is -2.16. The summed E-state index contributed by atoms with van der Waals surface area (Å²) in [5.41, 5.74) is 2.62. The average Bonchev–Trinajstić information content (AvgIpc) is 2.53. The van der Waals surface area contributed by atoms with Crippen molar-refractivity contribution in [2.75, 3.05) is 24.1 Å². The highest BCUT2D eigenvalue weighted by molar-refractivity contribution is 7.90. The molecule has 0 bridgehead atoms. The molecule has 0 fully saturated rings. The van der Waals surface area contributed by atoms with Gasteiger partial charge in [0.25, 0.3) is 0 Å². The maximum absolute atomic E-state index is 12.1. The van der Waals surface area contributed by atoms with Crippen LogP contribution in [0.5, 0.6) is 0 Å². The third-order valence-corrected chi connectivity index (χ3v) is 5.77. The summed E-state index contributed by atoms with van der Waals surface area (Å²) in [5.74, 6) is -0.364. The van der Waals surface area contributed by atoms with Crippen LogP contribution in [0, 0.1) is 0 Å². The lowest BCUT2D eigenvalue weighted by molar-refractivity contribution is -0.116. The molecule has 0 spiro atoms. The van der Waals surface area contributed by atoms with Crippen molar-refractivity contribution in [2.24, 2.45) is 0 Å². The Balaban J connectivity index is 2.01. The number of hydrogen-bond acceptors (Lipinski definition) is 4. The quantitative estimate of drug-likeness (QED) is 0.852. The molecule has 2 N–H and O–H groups in total. The summed E-state index contributed by atoms with van der Waals surface area (Å²) in [5, 5.41) is 3.28. The van der Waals surface area contributed by atoms with Crippen LogP contribution in [0.15, 0.2) is 36.7 Å². The summed E-state index contributed by atoms with van der Waals surface area (Å²) < 4.78 is 27.5. The van der Waals surface area contributed by atoms with Crippen LogP contribution in [0.3, 0.4) is 0 Å². The largest absolute Gasteiger partial charge is 0.326 e. The van der Waals surface area contributed by atoms with Gasteiger partial charge in [0.05, 0.1) is 10.7 Å². The molecule has 1 aromatic heterocycles. The van der Waals surface area contributed by atoms with Gasteiger partial charge in [-0.3, -0.25) is 14.5 Å². The van der Waals surface area contributed by atoms with Gasteiger partial charge in [-0.1, -0.05) is 17.7 Å². The molecule has 0 saturated heterocycles. The molecule has 3 rings (SSSR count). The SMILES string of the molecule is CN(C)S(=O)(=O)Nc1ccc2c(c1)NC(=O)CC2c1ccncc1Cl. The van der Waals surface area contributed by atoms with E-state index in [0.717, 1.165) is 15.4 Å². The van der Waals surface area contributed by atoms with Crippen molar-refractivity contribution in [3.8, 4) is 0 Å². The van der Waals surface area contributed by atoms with Crippen LogP contribution >= 0.6 is 11.6 Å². The molecule has 1 aliphatic heterocycles. The van der Waals surface area contributed by atoms with Crippen molar-refractivity contribution in [3.05, 3.63) is 52.8 Å². The molecule has 7 nitrogen and oxygen atoms in total. The van der Waals surface area contributed by atoms with E-state index in [1.165, 1.54) is 14.1 Å². The van der Waals surface area contributed by atoms with Gasteiger partial charge in [0.15, 0.2) is 0 Å². The number of anilines is 2. The Morgan fingerprint density at radius 1 is 1.28 bits per heavy atom. The predicted molar refractivity (Wildman–Crippen MR) is 97.0 cm³/mol. The number of carbonyl (C=O) groups excluding carboxylic acids is 1. The second-order valence-electron chi connectivity index (χ2n) is 5.89. The third-order valence-electron chi connectivity index (χ3n) is 4.00. The number of carbonyl (C=O) groups is 1. The van der Waals surface area contributed by atoms with Gasteiger partial charge in [0.2, 0.25) is 5.91 Å². The number of hydrogen-bond donors (Lipinski definition) is 2. The fourth-order valence-electron chi connectivity index (χ4n) is 2.71. The van der Waals surface area contributed by atoms with Gasteiger partial charge in [-0.25, -0.2) is 0 Å². The Bertz CT molecular complexity index is 931. The molecular formula is C16H17ClN4O3S. The Kier molecular flexibility index (Phi) is 4.68. The number of halogens is 1. The Labute approximate surface area is 151 Å². The highest BCUT2D eigenvalue weighted by atomic mass is 35.5. The molecule has 132 valence electrons. The van der Waals surface area contributed by atoms with E-state index in [1.807, 2.05) is 0 Å². The monoisotopic (exact) mass is 380 g/mol. The number of nitrogens with zero attached hydrogens (tertiary/aromatic N) is 2. The van der Waals surface area contributed by atoms with E-state index in [0.29, 0.717) is 16.4 Å². The number of rotatable bonds is 4. The number of amides is 1. The van der Waals surface area contributed by atoms with E-state index < -0.39 is 10.2 Å². The molecule has 1 aliphatic rings. The summed E-state index contributed by atoms with van der Waals surface area (Å²) in [4.78, 5) is 16.1. The van der Waals surface area contributed by atoms with Crippen LogP contribution in [0.1, 0.15) is 23.5 Å². The summed E-state index contributed by atoms with van der Waals surface area (Å²) in [6.07, 6.45) is 3.44. The fraction of sp³-hybridized carbons (Fsp3) is 0.250. The first-order valence-corrected chi connectivity index (χ1v) is 9.33. The molecule has 2 aromatic rings. The summed E-state index contributed by atoms with van der Waals surface area (Å²) in [6.45, 7) is 0. The highest BCUT2D eigenvalue weighted by Crippen LogP contribution is 2.40. The van der Waals surface area contributed by atoms with Crippen LogP contribution in [0.25, 0.3) is 0 Å². The van der Waals surface area contributed by atoms with Crippen LogP contribution < -0.4 is 10.0 Å². The molecule has 1 amide bonds. The molecule has 2 heterocycles. The van der Waals surface area contributed by atoms with Gasteiger partial charge in [-0.15, -0.1) is 0 Å². The minimum atomic E-state index is -3.62. The summed E-state index contributed by atoms with van der Waals surface area (Å²) >= 11 is 6.23. The van der Waals surface area contributed by atoms with Crippen LogP contribution in [0.2, 0.25) is 5.02 Å². The Morgan fingerprint density at radius 3 is 2.72 bits per heavy atom. The van der Waals surface area contributed by atoms with Crippen molar-refractivity contribution in [2.45, 2.75) is 12.3 Å². The lowest BCUT2D eigenvalue weighted by Gasteiger charge is -2.27. The molecule has 1 unspecified atom stereocenters. The number of aromatic nitrogens is 1. The fourth-order valence-corrected chi connectivity index (χ4v) is 3.57. The smallest absolute Gasteiger partial charge is 0.301 e. The van der Waals surface area contributed by atoms with E-state index in [4.69, 9.17) is 11.6 Å². The molecule has 0 aliphatic carbocycles. The zero-order chi connectivity index (χ0) is 18.2. The standard InChI is InChI=1S/C16H17ClN4O3S/c1-21(2)25(23,24)20-10-3-4-12-13(8-16(22)19-15(12)7-10)11-5-6-18-9-14(11)17/h3-7,9,13,20H,8H2,1-2H3,(H,19,22). The molecule has 1 aromatic carbocycles. The molecular weight excluding hydrogens is 364 g/mol. The number of nitrogens with one attached hydrogen (secondary N) is 2. The number of benzene rings is 1. The van der Waals surface area contributed by atoms with Crippen molar-refractivity contribution in [3.63, 3.8) is 0 Å². The van der Waals surface area contributed by atoms with Crippen molar-refractivity contribution < 1.29 is 13.2 Å². The van der Waals surface area contributed by atoms with Gasteiger partial charge in [-0.2, -0.15) is 12.7 Å². The van der Waals surface area contributed by atoms with E-state index >= 15 is 0 Å². The second-order valence-corrected chi connectivity index (χ2v) is 8.19. The first kappa shape index (κ1) is 17.7. The first-order valence-electron chi connectivity index (χ1n) is 7.51. The van der Waals surface area contributed by atoms with E-state index in [9.17, 15) is 13.2 Å². The predicted octanol–water partition coefficient (Wildman–Crippen LogP) is 2.43. The van der Waals surface area contributed by atoms with Gasteiger partial charge in [0, 0.05) is 44.5 Å². The van der Waals surface area contributed by atoms with E-state index in [2.05, 4.69) is 15.0 Å². The van der Waals surface area contributed by atoms with E-state index in [-0.39, 0.29) is 18.2 Å². The van der Waals surface area contributed by atoms with Crippen LogP contribution in [-0.2, 0) is 15.0 Å². The van der Waals surface area contributed by atoms with Crippen LogP contribution in [0.4, 0.5) is 11.4 Å². The highest BCUT2D eigenvalue weighted by Gasteiger charge is 2.28.